The van der Waals surface area contributed by atoms with Crippen molar-refractivity contribution in [2.75, 3.05) is 0 Å². The minimum Gasteiger partial charge on any atom is -0.316 e. The Hall–Kier alpha value is -2.97. The van der Waals surface area contributed by atoms with Crippen LogP contribution in [0.2, 0.25) is 0 Å². The molecule has 5 heteroatoms. The van der Waals surface area contributed by atoms with Crippen LogP contribution in [0.1, 0.15) is 18.1 Å². The molecule has 25 heavy (non-hydrogen) atoms. The summed E-state index contributed by atoms with van der Waals surface area (Å²) >= 11 is 5.60. The van der Waals surface area contributed by atoms with Crippen LogP contribution in [-0.2, 0) is 6.54 Å². The second kappa shape index (κ2) is 6.88. The zero-order valence-electron chi connectivity index (χ0n) is 14.1. The van der Waals surface area contributed by atoms with E-state index >= 15 is 0 Å². The van der Waals surface area contributed by atoms with Crippen molar-refractivity contribution in [3.63, 3.8) is 0 Å². The Balaban J connectivity index is 2.43. The summed E-state index contributed by atoms with van der Waals surface area (Å²) in [5.74, 6) is 0. The van der Waals surface area contributed by atoms with E-state index in [1.165, 1.54) is 4.57 Å². The number of nitrogens with zero attached hydrogens (tertiary/aromatic N) is 3. The number of aromatic nitrogens is 2. The molecule has 0 spiro atoms. The van der Waals surface area contributed by atoms with Crippen molar-refractivity contribution in [1.82, 2.24) is 9.13 Å². The van der Waals surface area contributed by atoms with Gasteiger partial charge in [-0.25, -0.2) is 0 Å². The minimum atomic E-state index is -0.390. The van der Waals surface area contributed by atoms with Crippen LogP contribution in [0, 0.1) is 23.0 Å². The molecule has 1 heterocycles. The summed E-state index contributed by atoms with van der Waals surface area (Å²) in [6.07, 6.45) is 0. The van der Waals surface area contributed by atoms with E-state index in [-0.39, 0.29) is 11.1 Å². The third-order valence-electron chi connectivity index (χ3n) is 4.11. The van der Waals surface area contributed by atoms with Gasteiger partial charge in [-0.05, 0) is 43.8 Å². The lowest BCUT2D eigenvalue weighted by atomic mass is 10.1. The van der Waals surface area contributed by atoms with Crippen LogP contribution in [0.3, 0.4) is 0 Å². The predicted molar refractivity (Wildman–Crippen MR) is 101 cm³/mol. The van der Waals surface area contributed by atoms with Crippen LogP contribution in [0.5, 0.6) is 0 Å². The Morgan fingerprint density at radius 2 is 1.72 bits per heavy atom. The number of para-hydroxylation sites is 1. The first-order valence-corrected chi connectivity index (χ1v) is 8.41. The lowest BCUT2D eigenvalue weighted by molar-refractivity contribution is 0.691. The van der Waals surface area contributed by atoms with Crippen molar-refractivity contribution in [2.24, 2.45) is 0 Å². The molecule has 0 saturated carbocycles. The van der Waals surface area contributed by atoms with Gasteiger partial charge in [0, 0.05) is 6.54 Å². The summed E-state index contributed by atoms with van der Waals surface area (Å²) in [5, 5.41) is 9.69. The molecule has 0 amide bonds. The molecule has 0 saturated heterocycles. The molecule has 0 fully saturated rings. The Morgan fingerprint density at radius 3 is 2.28 bits per heavy atom. The Kier molecular flexibility index (Phi) is 4.64. The van der Waals surface area contributed by atoms with Gasteiger partial charge in [0.05, 0.1) is 11.4 Å². The van der Waals surface area contributed by atoms with Gasteiger partial charge >= 0.3 is 0 Å². The first-order valence-electron chi connectivity index (χ1n) is 8.01. The number of benzene rings is 2. The average molecular weight is 347 g/mol. The first-order chi connectivity index (χ1) is 12.1. The van der Waals surface area contributed by atoms with Crippen LogP contribution in [-0.4, -0.2) is 9.13 Å². The molecule has 2 aromatic carbocycles. The highest BCUT2D eigenvalue weighted by Gasteiger charge is 2.18. The van der Waals surface area contributed by atoms with E-state index in [0.29, 0.717) is 22.7 Å². The number of aryl methyl sites for hydroxylation is 1. The van der Waals surface area contributed by atoms with Crippen LogP contribution in [0.25, 0.3) is 16.9 Å². The minimum absolute atomic E-state index is 0.100. The fourth-order valence-electron chi connectivity index (χ4n) is 2.86. The van der Waals surface area contributed by atoms with E-state index in [1.54, 1.807) is 0 Å². The highest BCUT2D eigenvalue weighted by molar-refractivity contribution is 7.71. The summed E-state index contributed by atoms with van der Waals surface area (Å²) in [7, 11) is 0. The van der Waals surface area contributed by atoms with E-state index in [4.69, 9.17) is 12.2 Å². The normalized spacial score (nSPS) is 10.4. The highest BCUT2D eigenvalue weighted by Crippen LogP contribution is 2.23. The van der Waals surface area contributed by atoms with Crippen molar-refractivity contribution in [3.8, 4) is 23.0 Å². The molecule has 4 nitrogen and oxygen atoms in total. The van der Waals surface area contributed by atoms with E-state index in [2.05, 4.69) is 6.07 Å². The second-order valence-corrected chi connectivity index (χ2v) is 6.07. The molecule has 0 bridgehead atoms. The van der Waals surface area contributed by atoms with Gasteiger partial charge in [0.1, 0.15) is 11.6 Å². The average Bonchev–Trinajstić information content (AvgIpc) is 2.63. The van der Waals surface area contributed by atoms with Crippen molar-refractivity contribution in [2.45, 2.75) is 20.4 Å². The lowest BCUT2D eigenvalue weighted by Gasteiger charge is -2.18. The third-order valence-corrected chi connectivity index (χ3v) is 4.52. The Labute approximate surface area is 151 Å². The van der Waals surface area contributed by atoms with E-state index < -0.39 is 0 Å². The molecule has 3 rings (SSSR count). The quantitative estimate of drug-likeness (QED) is 0.666. The number of nitriles is 1. The SMILES string of the molecule is CCn1c(-c2ccc(C)cc2)c(C#N)c(=O)n(-c2ccccc2)c1=S. The Bertz CT molecular complexity index is 1070. The van der Waals surface area contributed by atoms with Crippen LogP contribution >= 0.6 is 12.2 Å². The summed E-state index contributed by atoms with van der Waals surface area (Å²) in [5.41, 5.74) is 2.87. The topological polar surface area (TPSA) is 50.7 Å². The van der Waals surface area contributed by atoms with Crippen LogP contribution in [0.4, 0.5) is 0 Å². The van der Waals surface area contributed by atoms with E-state index in [9.17, 15) is 10.1 Å². The van der Waals surface area contributed by atoms with Crippen LogP contribution in [0.15, 0.2) is 59.4 Å². The number of hydrogen-bond acceptors (Lipinski definition) is 3. The van der Waals surface area contributed by atoms with Gasteiger partial charge in [0.25, 0.3) is 5.56 Å². The largest absolute Gasteiger partial charge is 0.316 e. The van der Waals surface area contributed by atoms with Crippen molar-refractivity contribution < 1.29 is 0 Å². The van der Waals surface area contributed by atoms with Gasteiger partial charge in [-0.1, -0.05) is 48.0 Å². The van der Waals surface area contributed by atoms with Gasteiger partial charge in [-0.15, -0.1) is 0 Å². The maximum absolute atomic E-state index is 13.0. The summed E-state index contributed by atoms with van der Waals surface area (Å²) < 4.78 is 3.65. The van der Waals surface area contributed by atoms with E-state index in [1.807, 2.05) is 73.0 Å². The van der Waals surface area contributed by atoms with Gasteiger partial charge in [0.15, 0.2) is 4.77 Å². The molecule has 0 atom stereocenters. The fourth-order valence-corrected chi connectivity index (χ4v) is 3.27. The maximum atomic E-state index is 13.0. The molecule has 124 valence electrons. The molecule has 0 aliphatic carbocycles. The molecule has 1 aromatic heterocycles. The van der Waals surface area contributed by atoms with Crippen LogP contribution < -0.4 is 5.56 Å². The Morgan fingerprint density at radius 1 is 1.08 bits per heavy atom. The van der Waals surface area contributed by atoms with Crippen molar-refractivity contribution in [3.05, 3.63) is 80.8 Å². The standard InChI is InChI=1S/C20H17N3OS/c1-3-22-18(15-11-9-14(2)10-12-15)17(13-21)19(24)23(20(22)25)16-7-5-4-6-8-16/h4-12H,3H2,1-2H3. The second-order valence-electron chi connectivity index (χ2n) is 5.70. The van der Waals surface area contributed by atoms with Crippen molar-refractivity contribution in [1.29, 1.82) is 5.26 Å². The highest BCUT2D eigenvalue weighted by atomic mass is 32.1. The van der Waals surface area contributed by atoms with Gasteiger partial charge in [0.2, 0.25) is 0 Å². The summed E-state index contributed by atoms with van der Waals surface area (Å²) in [6, 6.07) is 19.0. The first kappa shape index (κ1) is 16.9. The third kappa shape index (κ3) is 2.92. The predicted octanol–water partition coefficient (Wildman–Crippen LogP) is 4.24. The lowest BCUT2D eigenvalue weighted by Crippen LogP contribution is -2.27. The summed E-state index contributed by atoms with van der Waals surface area (Å²) in [4.78, 5) is 13.0. The molecule has 0 N–H and O–H groups in total. The molecule has 0 aliphatic heterocycles. The fraction of sp³-hybridized carbons (Fsp3) is 0.150. The number of rotatable bonds is 3. The molecular formula is C20H17N3OS. The van der Waals surface area contributed by atoms with Gasteiger partial charge < -0.3 is 4.57 Å². The number of hydrogen-bond donors (Lipinski definition) is 0. The van der Waals surface area contributed by atoms with Gasteiger partial charge in [-0.3, -0.25) is 9.36 Å². The molecule has 3 aromatic rings. The molecular weight excluding hydrogens is 330 g/mol. The maximum Gasteiger partial charge on any atom is 0.277 e. The molecule has 0 unspecified atom stereocenters. The molecule has 0 aliphatic rings. The summed E-state index contributed by atoms with van der Waals surface area (Å²) in [6.45, 7) is 4.51. The van der Waals surface area contributed by atoms with Crippen molar-refractivity contribution >= 4 is 12.2 Å². The van der Waals surface area contributed by atoms with E-state index in [0.717, 1.165) is 11.1 Å². The monoisotopic (exact) mass is 347 g/mol. The zero-order chi connectivity index (χ0) is 18.0. The van der Waals surface area contributed by atoms with Gasteiger partial charge in [-0.2, -0.15) is 5.26 Å². The zero-order valence-corrected chi connectivity index (χ0v) is 14.9. The smallest absolute Gasteiger partial charge is 0.277 e. The molecule has 0 radical (unpaired) electrons.